The zero-order valence-electron chi connectivity index (χ0n) is 18.8. The van der Waals surface area contributed by atoms with Gasteiger partial charge in [-0.05, 0) is 63.8 Å². The molecule has 0 spiro atoms. The second kappa shape index (κ2) is 12.4. The lowest BCUT2D eigenvalue weighted by molar-refractivity contribution is 0.229. The number of ether oxygens (including phenoxy) is 1. The van der Waals surface area contributed by atoms with Gasteiger partial charge in [-0.25, -0.2) is 0 Å². The first-order valence-corrected chi connectivity index (χ1v) is 28.0. The number of aryl methyl sites for hydroxylation is 1. The van der Waals surface area contributed by atoms with Gasteiger partial charge in [-0.15, -0.1) is 0 Å². The van der Waals surface area contributed by atoms with E-state index in [0.717, 1.165) is 18.2 Å². The summed E-state index contributed by atoms with van der Waals surface area (Å²) in [4.78, 5) is 0. The highest BCUT2D eigenvalue weighted by Gasteiger charge is 2.65. The fourth-order valence-corrected chi connectivity index (χ4v) is 97.8. The summed E-state index contributed by atoms with van der Waals surface area (Å²) in [5.41, 5.74) is 3.78. The molecule has 0 aliphatic rings. The maximum atomic E-state index is 6.39. The first-order chi connectivity index (χ1) is 13.9. The molecule has 1 unspecified atom stereocenters. The first-order valence-electron chi connectivity index (χ1n) is 10.1. The quantitative estimate of drug-likeness (QED) is 0.341. The van der Waals surface area contributed by atoms with Crippen molar-refractivity contribution in [3.8, 4) is 5.75 Å². The van der Waals surface area contributed by atoms with Crippen LogP contribution in [-0.2, 0) is 19.7 Å². The Morgan fingerprint density at radius 2 is 1.43 bits per heavy atom. The Labute approximate surface area is 203 Å². The average Bonchev–Trinajstić information content (AvgIpc) is 2.64. The molecule has 4 nitrogen and oxygen atoms in total. The summed E-state index contributed by atoms with van der Waals surface area (Å²) in [6.45, 7) is 7.30. The van der Waals surface area contributed by atoms with Crippen molar-refractivity contribution in [2.45, 2.75) is 47.1 Å². The molecule has 0 N–H and O–H groups in total. The van der Waals surface area contributed by atoms with Crippen molar-refractivity contribution in [3.63, 3.8) is 0 Å². The third kappa shape index (κ3) is 6.25. The summed E-state index contributed by atoms with van der Waals surface area (Å²) < 4.78 is 24.6. The van der Waals surface area contributed by atoms with Crippen molar-refractivity contribution < 1.29 is 18.0 Å². The topological polar surface area (TPSA) is 36.9 Å². The van der Waals surface area contributed by atoms with E-state index >= 15 is 0 Å². The minimum Gasteiger partial charge on any atom is -0.496 e. The van der Waals surface area contributed by atoms with Gasteiger partial charge in [-0.3, -0.25) is 0 Å². The van der Waals surface area contributed by atoms with Crippen molar-refractivity contribution in [3.05, 3.63) is 28.8 Å². The molecule has 0 saturated heterocycles. The molecule has 1 atom stereocenters. The van der Waals surface area contributed by atoms with Gasteiger partial charge >= 0.3 is 8.80 Å². The summed E-state index contributed by atoms with van der Waals surface area (Å²) in [7, 11) is 20.7. The largest absolute Gasteiger partial charge is 0.496 e. The molecule has 1 aromatic carbocycles. The Morgan fingerprint density at radius 3 is 1.87 bits per heavy atom. The highest BCUT2D eigenvalue weighted by molar-refractivity contribution is 8.11. The average molecular weight is 551 g/mol. The zero-order valence-corrected chi connectivity index (χ0v) is 27.8. The van der Waals surface area contributed by atoms with E-state index in [9.17, 15) is 0 Å². The molecule has 0 fully saturated rings. The van der Waals surface area contributed by atoms with E-state index in [0.29, 0.717) is 19.8 Å². The lowest BCUT2D eigenvalue weighted by Gasteiger charge is -2.52. The van der Waals surface area contributed by atoms with Crippen LogP contribution in [0.15, 0.2) is 12.1 Å². The van der Waals surface area contributed by atoms with E-state index in [1.165, 1.54) is 16.7 Å². The third-order valence-corrected chi connectivity index (χ3v) is 83.8. The molecule has 0 aliphatic heterocycles. The minimum absolute atomic E-state index is 0.619. The number of methoxy groups -OCH3 is 1. The molecule has 0 heterocycles. The van der Waals surface area contributed by atoms with Gasteiger partial charge in [0.25, 0.3) is 0 Å². The summed E-state index contributed by atoms with van der Waals surface area (Å²) >= 11 is 0. The summed E-state index contributed by atoms with van der Waals surface area (Å²) in [6, 6.07) is 5.19. The number of hydrogen-bond acceptors (Lipinski definition) is 4. The molecule has 13 heteroatoms. The standard InChI is InChI=1S/C17H30O4Si9/c1-7-19-27(20-8-2)28(30(24,25)26,29(22,23)21-9-3)13-12-16-10-11-17(18-6)15(5)14(16)4/h10-11H,7-9,12-13H2,1-6H3. The van der Waals surface area contributed by atoms with Gasteiger partial charge < -0.3 is 18.0 Å². The molecule has 16 radical (unpaired) electrons. The molecule has 0 aromatic heterocycles. The van der Waals surface area contributed by atoms with Crippen LogP contribution in [0, 0.1) is 13.8 Å². The van der Waals surface area contributed by atoms with Gasteiger partial charge in [-0.2, -0.15) is 0 Å². The van der Waals surface area contributed by atoms with Crippen molar-refractivity contribution >= 4 is 77.2 Å². The molecule has 0 bridgehead atoms. The van der Waals surface area contributed by atoms with E-state index < -0.39 is 28.4 Å². The van der Waals surface area contributed by atoms with E-state index in [2.05, 4.69) is 74.8 Å². The Bertz CT molecular complexity index is 678. The highest BCUT2D eigenvalue weighted by atomic mass is 30.4. The molecule has 158 valence electrons. The lowest BCUT2D eigenvalue weighted by atomic mass is 10.0. The van der Waals surface area contributed by atoms with Gasteiger partial charge in [0.2, 0.25) is 0 Å². The van der Waals surface area contributed by atoms with Crippen LogP contribution < -0.4 is 4.74 Å². The Hall–Kier alpha value is 0.852. The van der Waals surface area contributed by atoms with Gasteiger partial charge in [0.15, 0.2) is 0 Å². The van der Waals surface area contributed by atoms with Gasteiger partial charge in [0, 0.05) is 74.8 Å². The number of benzene rings is 1. The predicted molar refractivity (Wildman–Crippen MR) is 138 cm³/mol. The van der Waals surface area contributed by atoms with Gasteiger partial charge in [0.05, 0.1) is 7.11 Å². The van der Waals surface area contributed by atoms with Crippen molar-refractivity contribution in [1.82, 2.24) is 0 Å². The summed E-state index contributed by atoms with van der Waals surface area (Å²) in [6.07, 6.45) is -1.37. The fourth-order valence-electron chi connectivity index (χ4n) is 3.58. The predicted octanol–water partition coefficient (Wildman–Crippen LogP) is 0.857. The SMILES string of the molecule is CCO[Si](OCC)[Si](CCc1ccc(OC)c(C)c1C)([Si]([Si])([Si])[Si])[Si]([Si])([Si])OCC. The third-order valence-electron chi connectivity index (χ3n) is 5.34. The maximum Gasteiger partial charge on any atom is 0.354 e. The summed E-state index contributed by atoms with van der Waals surface area (Å²) in [5, 5.41) is 0. The van der Waals surface area contributed by atoms with E-state index in [1.807, 2.05) is 20.8 Å². The van der Waals surface area contributed by atoms with Gasteiger partial charge in [-0.1, -0.05) is 12.1 Å². The molecular weight excluding hydrogens is 521 g/mol. The number of hydrogen-bond donors (Lipinski definition) is 0. The van der Waals surface area contributed by atoms with Crippen LogP contribution in [0.3, 0.4) is 0 Å². The normalized spacial score (nSPS) is 14.8. The molecule has 0 aliphatic carbocycles. The first kappa shape index (κ1) is 28.9. The van der Waals surface area contributed by atoms with Crippen molar-refractivity contribution in [2.75, 3.05) is 26.9 Å². The van der Waals surface area contributed by atoms with E-state index in [1.54, 1.807) is 7.11 Å². The fraction of sp³-hybridized carbons (Fsp3) is 0.647. The Balaban J connectivity index is 3.54. The van der Waals surface area contributed by atoms with Crippen LogP contribution in [0.25, 0.3) is 0 Å². The van der Waals surface area contributed by atoms with E-state index in [4.69, 9.17) is 18.0 Å². The molecule has 0 amide bonds. The lowest BCUT2D eigenvalue weighted by Crippen LogP contribution is -2.89. The van der Waals surface area contributed by atoms with Crippen LogP contribution >= 0.6 is 0 Å². The van der Waals surface area contributed by atoms with E-state index in [-0.39, 0.29) is 0 Å². The Morgan fingerprint density at radius 1 is 0.867 bits per heavy atom. The highest BCUT2D eigenvalue weighted by Crippen LogP contribution is 2.33. The second-order valence-corrected chi connectivity index (χ2v) is 56.0. The van der Waals surface area contributed by atoms with Crippen LogP contribution in [0.1, 0.15) is 37.5 Å². The smallest absolute Gasteiger partial charge is 0.354 e. The molecule has 30 heavy (non-hydrogen) atoms. The van der Waals surface area contributed by atoms with Crippen LogP contribution in [-0.4, -0.2) is 104 Å². The second-order valence-electron chi connectivity index (χ2n) is 7.10. The van der Waals surface area contributed by atoms with Crippen molar-refractivity contribution in [1.29, 1.82) is 0 Å². The molecule has 1 rings (SSSR count). The monoisotopic (exact) mass is 550 g/mol. The molecular formula is C17H30O4Si9. The maximum absolute atomic E-state index is 6.39. The Kier molecular flexibility index (Phi) is 11.9. The van der Waals surface area contributed by atoms with Crippen LogP contribution in [0.4, 0.5) is 0 Å². The number of rotatable bonds is 13. The zero-order chi connectivity index (χ0) is 23.2. The summed E-state index contributed by atoms with van der Waals surface area (Å²) in [5.74, 6) is 0.926. The van der Waals surface area contributed by atoms with Gasteiger partial charge in [0.1, 0.15) is 19.2 Å². The minimum atomic E-state index is -2.52. The van der Waals surface area contributed by atoms with Crippen LogP contribution in [0.5, 0.6) is 5.75 Å². The van der Waals surface area contributed by atoms with Crippen LogP contribution in [0.2, 0.25) is 6.04 Å². The molecule has 0 saturated carbocycles. The molecule has 1 aromatic rings. The van der Waals surface area contributed by atoms with Crippen molar-refractivity contribution in [2.24, 2.45) is 0 Å².